The van der Waals surface area contributed by atoms with Gasteiger partial charge in [0.1, 0.15) is 12.0 Å². The Morgan fingerprint density at radius 3 is 2.59 bits per heavy atom. The molecular formula is C24H27N7O3. The zero-order valence-electron chi connectivity index (χ0n) is 19.0. The third-order valence-electron chi connectivity index (χ3n) is 5.99. The third-order valence-corrected chi connectivity index (χ3v) is 5.99. The van der Waals surface area contributed by atoms with Crippen molar-refractivity contribution in [3.8, 4) is 11.5 Å². The van der Waals surface area contributed by atoms with Crippen molar-refractivity contribution in [1.29, 1.82) is 0 Å². The minimum atomic E-state index is -0.267. The highest BCUT2D eigenvalue weighted by molar-refractivity contribution is 5.95. The molecule has 10 nitrogen and oxygen atoms in total. The summed E-state index contributed by atoms with van der Waals surface area (Å²) in [6.07, 6.45) is 1.45. The number of aromatic nitrogens is 2. The number of hydrogen-bond donors (Lipinski definition) is 3. The van der Waals surface area contributed by atoms with E-state index in [-0.39, 0.29) is 12.7 Å². The Morgan fingerprint density at radius 2 is 1.79 bits per heavy atom. The Morgan fingerprint density at radius 1 is 1.03 bits per heavy atom. The maximum atomic E-state index is 12.4. The van der Waals surface area contributed by atoms with E-state index in [0.717, 1.165) is 49.8 Å². The molecule has 2 aliphatic rings. The maximum Gasteiger partial charge on any atom is 0.269 e. The van der Waals surface area contributed by atoms with Crippen LogP contribution in [0.2, 0.25) is 0 Å². The fourth-order valence-corrected chi connectivity index (χ4v) is 4.05. The molecule has 1 amide bonds. The summed E-state index contributed by atoms with van der Waals surface area (Å²) >= 11 is 0. The number of benzene rings is 2. The van der Waals surface area contributed by atoms with E-state index >= 15 is 0 Å². The molecule has 3 heterocycles. The number of aryl methyl sites for hydroxylation is 1. The van der Waals surface area contributed by atoms with E-state index in [4.69, 9.17) is 15.2 Å². The zero-order valence-corrected chi connectivity index (χ0v) is 19.0. The van der Waals surface area contributed by atoms with Gasteiger partial charge in [0.05, 0.1) is 0 Å². The fraction of sp³-hybridized carbons (Fsp3) is 0.292. The van der Waals surface area contributed by atoms with Gasteiger partial charge in [-0.3, -0.25) is 20.5 Å². The summed E-state index contributed by atoms with van der Waals surface area (Å²) in [5.41, 5.74) is 15.1. The van der Waals surface area contributed by atoms with E-state index < -0.39 is 0 Å². The lowest BCUT2D eigenvalue weighted by Crippen LogP contribution is -2.46. The second-order valence-corrected chi connectivity index (χ2v) is 8.36. The molecular weight excluding hydrogens is 434 g/mol. The molecule has 0 radical (unpaired) electrons. The quantitative estimate of drug-likeness (QED) is 0.475. The van der Waals surface area contributed by atoms with Crippen molar-refractivity contribution in [2.24, 2.45) is 0 Å². The second kappa shape index (κ2) is 9.44. The van der Waals surface area contributed by atoms with Gasteiger partial charge >= 0.3 is 0 Å². The van der Waals surface area contributed by atoms with Crippen molar-refractivity contribution in [1.82, 2.24) is 20.3 Å². The van der Waals surface area contributed by atoms with Gasteiger partial charge in [-0.25, -0.2) is 9.97 Å². The largest absolute Gasteiger partial charge is 0.454 e. The van der Waals surface area contributed by atoms with Crippen molar-refractivity contribution in [3.05, 3.63) is 65.5 Å². The van der Waals surface area contributed by atoms with Crippen LogP contribution < -0.4 is 31.0 Å². The molecule has 1 saturated heterocycles. The Hall–Kier alpha value is -4.05. The van der Waals surface area contributed by atoms with Crippen molar-refractivity contribution in [2.75, 3.05) is 49.0 Å². The smallest absolute Gasteiger partial charge is 0.269 e. The Balaban J connectivity index is 1.17. The molecule has 0 spiro atoms. The van der Waals surface area contributed by atoms with Crippen LogP contribution in [0.25, 0.3) is 0 Å². The summed E-state index contributed by atoms with van der Waals surface area (Å²) in [6.45, 7) is 6.38. The van der Waals surface area contributed by atoms with Gasteiger partial charge in [-0.05, 0) is 36.8 Å². The lowest BCUT2D eigenvalue weighted by molar-refractivity contribution is 0.0962. The molecule has 0 bridgehead atoms. The summed E-state index contributed by atoms with van der Waals surface area (Å²) in [7, 11) is 0. The van der Waals surface area contributed by atoms with Gasteiger partial charge in [-0.15, -0.1) is 0 Å². The first kappa shape index (κ1) is 21.8. The number of nitrogens with one attached hydrogen (secondary N) is 2. The number of anilines is 3. The number of carbonyl (C=O) groups is 1. The van der Waals surface area contributed by atoms with Crippen LogP contribution in [0.1, 0.15) is 21.5 Å². The van der Waals surface area contributed by atoms with E-state index in [1.807, 2.05) is 31.2 Å². The van der Waals surface area contributed by atoms with Crippen LogP contribution in [0.3, 0.4) is 0 Å². The number of fused-ring (bicyclic) bond motifs is 1. The zero-order chi connectivity index (χ0) is 23.5. The number of hydrogen-bond acceptors (Lipinski definition) is 9. The topological polar surface area (TPSA) is 118 Å². The van der Waals surface area contributed by atoms with Gasteiger partial charge < -0.3 is 20.1 Å². The van der Waals surface area contributed by atoms with Crippen LogP contribution in [0.15, 0.2) is 48.8 Å². The first-order chi connectivity index (χ1) is 16.6. The lowest BCUT2D eigenvalue weighted by Gasteiger charge is -2.36. The van der Waals surface area contributed by atoms with Crippen LogP contribution in [-0.2, 0) is 6.54 Å². The van der Waals surface area contributed by atoms with Gasteiger partial charge in [-0.1, -0.05) is 23.8 Å². The monoisotopic (exact) mass is 461 g/mol. The van der Waals surface area contributed by atoms with Crippen LogP contribution in [0.4, 0.5) is 17.3 Å². The van der Waals surface area contributed by atoms with Crippen LogP contribution >= 0.6 is 0 Å². The van der Waals surface area contributed by atoms with Crippen molar-refractivity contribution < 1.29 is 14.3 Å². The predicted octanol–water partition coefficient (Wildman–Crippen LogP) is 2.18. The van der Waals surface area contributed by atoms with E-state index in [1.54, 1.807) is 12.1 Å². The number of carbonyl (C=O) groups excluding carboxylic acids is 1. The van der Waals surface area contributed by atoms with Crippen LogP contribution in [0.5, 0.6) is 11.5 Å². The molecule has 4 N–H and O–H groups in total. The normalized spacial score (nSPS) is 15.3. The average molecular weight is 462 g/mol. The van der Waals surface area contributed by atoms with Crippen molar-refractivity contribution in [2.45, 2.75) is 13.5 Å². The van der Waals surface area contributed by atoms with Gasteiger partial charge in [-0.2, -0.15) is 0 Å². The number of hydrazine groups is 1. The van der Waals surface area contributed by atoms with E-state index in [0.29, 0.717) is 22.9 Å². The van der Waals surface area contributed by atoms with Gasteiger partial charge in [0.15, 0.2) is 23.1 Å². The number of ether oxygens (including phenoxy) is 2. The molecule has 0 unspecified atom stereocenters. The number of nitrogen functional groups attached to an aromatic ring is 1. The molecule has 0 aliphatic carbocycles. The minimum Gasteiger partial charge on any atom is -0.454 e. The fourth-order valence-electron chi connectivity index (χ4n) is 4.05. The van der Waals surface area contributed by atoms with E-state index in [2.05, 4.69) is 36.7 Å². The number of nitrogens with two attached hydrogens (primary N) is 1. The Labute approximate surface area is 197 Å². The number of amides is 1. The number of nitrogens with zero attached hydrogens (tertiary/aromatic N) is 4. The Kier molecular flexibility index (Phi) is 6.05. The highest BCUT2D eigenvalue weighted by atomic mass is 16.7. The van der Waals surface area contributed by atoms with Gasteiger partial charge in [0, 0.05) is 38.3 Å². The molecule has 176 valence electrons. The summed E-state index contributed by atoms with van der Waals surface area (Å²) < 4.78 is 10.9. The molecule has 1 fully saturated rings. The summed E-state index contributed by atoms with van der Waals surface area (Å²) in [5, 5.41) is 0. The molecule has 10 heteroatoms. The second-order valence-electron chi connectivity index (χ2n) is 8.36. The molecule has 2 aliphatic heterocycles. The van der Waals surface area contributed by atoms with Gasteiger partial charge in [0.2, 0.25) is 6.79 Å². The van der Waals surface area contributed by atoms with E-state index in [9.17, 15) is 4.79 Å². The average Bonchev–Trinajstić information content (AvgIpc) is 3.32. The molecule has 1 aromatic heterocycles. The molecule has 0 atom stereocenters. The minimum absolute atomic E-state index is 0.267. The molecule has 3 aromatic rings. The van der Waals surface area contributed by atoms with Crippen LogP contribution in [-0.4, -0.2) is 53.7 Å². The summed E-state index contributed by atoms with van der Waals surface area (Å²) in [4.78, 5) is 25.5. The third kappa shape index (κ3) is 4.67. The molecule has 0 saturated carbocycles. The summed E-state index contributed by atoms with van der Waals surface area (Å²) in [5.74, 6) is 2.36. The van der Waals surface area contributed by atoms with Gasteiger partial charge in [0.25, 0.3) is 5.91 Å². The predicted molar refractivity (Wildman–Crippen MR) is 129 cm³/mol. The maximum absolute atomic E-state index is 12.4. The van der Waals surface area contributed by atoms with E-state index in [1.165, 1.54) is 11.9 Å². The molecule has 2 aromatic carbocycles. The highest BCUT2D eigenvalue weighted by Gasteiger charge is 2.22. The molecule has 34 heavy (non-hydrogen) atoms. The Bertz CT molecular complexity index is 1180. The first-order valence-electron chi connectivity index (χ1n) is 11.2. The molecule has 5 rings (SSSR count). The lowest BCUT2D eigenvalue weighted by atomic mass is 10.1. The van der Waals surface area contributed by atoms with Crippen molar-refractivity contribution >= 4 is 23.2 Å². The SMILES string of the molecule is Cc1ccc(C(=O)NNc2ncnc(N3CCN(Cc4ccc5c(c4)OCO5)CC3)c2N)cc1. The standard InChI is InChI=1S/C24H27N7O3/c1-16-2-5-18(6-3-16)24(32)29-28-22-21(25)23(27-14-26-22)31-10-8-30(9-11-31)13-17-4-7-19-20(12-17)34-15-33-19/h2-7,12,14H,8-11,13,15,25H2,1H3,(H,29,32)(H,26,27,28). The van der Waals surface area contributed by atoms with Crippen LogP contribution in [0, 0.1) is 6.92 Å². The summed E-state index contributed by atoms with van der Waals surface area (Å²) in [6, 6.07) is 13.4. The van der Waals surface area contributed by atoms with Crippen molar-refractivity contribution in [3.63, 3.8) is 0 Å². The highest BCUT2D eigenvalue weighted by Crippen LogP contribution is 2.33. The number of piperazine rings is 1. The first-order valence-corrected chi connectivity index (χ1v) is 11.2. The number of rotatable bonds is 6.